The Labute approximate surface area is 80.7 Å². The largest absolute Gasteiger partial charge is 0.396 e. The van der Waals surface area contributed by atoms with Crippen molar-refractivity contribution in [2.24, 2.45) is 17.8 Å². The quantitative estimate of drug-likeness (QED) is 0.690. The SMILES string of the molecule is OCCC(C1CC1)C1CCCNC1. The van der Waals surface area contributed by atoms with E-state index in [4.69, 9.17) is 5.11 Å². The zero-order chi connectivity index (χ0) is 9.10. The van der Waals surface area contributed by atoms with E-state index in [0.717, 1.165) is 24.2 Å². The van der Waals surface area contributed by atoms with Crippen molar-refractivity contribution >= 4 is 0 Å². The zero-order valence-electron chi connectivity index (χ0n) is 8.34. The molecule has 1 aliphatic heterocycles. The Hall–Kier alpha value is -0.0800. The molecule has 0 bridgehead atoms. The van der Waals surface area contributed by atoms with Crippen molar-refractivity contribution in [1.82, 2.24) is 5.32 Å². The summed E-state index contributed by atoms with van der Waals surface area (Å²) in [5, 5.41) is 12.5. The Morgan fingerprint density at radius 3 is 2.62 bits per heavy atom. The van der Waals surface area contributed by atoms with Crippen LogP contribution in [0.1, 0.15) is 32.1 Å². The minimum atomic E-state index is 0.387. The molecule has 2 N–H and O–H groups in total. The zero-order valence-corrected chi connectivity index (χ0v) is 8.34. The van der Waals surface area contributed by atoms with E-state index in [1.54, 1.807) is 0 Å². The topological polar surface area (TPSA) is 32.3 Å². The fourth-order valence-corrected chi connectivity index (χ4v) is 2.77. The Bertz CT molecular complexity index is 150. The van der Waals surface area contributed by atoms with Gasteiger partial charge in [-0.15, -0.1) is 0 Å². The molecule has 0 spiro atoms. The lowest BCUT2D eigenvalue weighted by Crippen LogP contribution is -2.35. The van der Waals surface area contributed by atoms with E-state index in [-0.39, 0.29) is 0 Å². The van der Waals surface area contributed by atoms with Gasteiger partial charge in [0.25, 0.3) is 0 Å². The third kappa shape index (κ3) is 2.44. The first kappa shape index (κ1) is 9.47. The Kier molecular flexibility index (Phi) is 3.23. The Morgan fingerprint density at radius 2 is 2.08 bits per heavy atom. The van der Waals surface area contributed by atoms with Gasteiger partial charge in [-0.2, -0.15) is 0 Å². The summed E-state index contributed by atoms with van der Waals surface area (Å²) < 4.78 is 0. The van der Waals surface area contributed by atoms with Crippen LogP contribution in [0.25, 0.3) is 0 Å². The van der Waals surface area contributed by atoms with Gasteiger partial charge >= 0.3 is 0 Å². The van der Waals surface area contributed by atoms with Crippen LogP contribution in [0, 0.1) is 17.8 Å². The highest BCUT2D eigenvalue weighted by atomic mass is 16.3. The highest BCUT2D eigenvalue weighted by Crippen LogP contribution is 2.43. The van der Waals surface area contributed by atoms with Gasteiger partial charge in [-0.3, -0.25) is 0 Å². The van der Waals surface area contributed by atoms with E-state index in [0.29, 0.717) is 6.61 Å². The van der Waals surface area contributed by atoms with Gasteiger partial charge in [0.05, 0.1) is 0 Å². The summed E-state index contributed by atoms with van der Waals surface area (Å²) in [5.74, 6) is 2.63. The molecule has 0 aromatic rings. The van der Waals surface area contributed by atoms with Gasteiger partial charge in [0.1, 0.15) is 0 Å². The minimum absolute atomic E-state index is 0.387. The fraction of sp³-hybridized carbons (Fsp3) is 1.00. The molecule has 2 rings (SSSR count). The summed E-state index contributed by atoms with van der Waals surface area (Å²) in [5.41, 5.74) is 0. The first-order chi connectivity index (χ1) is 6.42. The second kappa shape index (κ2) is 4.43. The van der Waals surface area contributed by atoms with Crippen molar-refractivity contribution in [3.05, 3.63) is 0 Å². The van der Waals surface area contributed by atoms with E-state index < -0.39 is 0 Å². The summed E-state index contributed by atoms with van der Waals surface area (Å²) in [7, 11) is 0. The van der Waals surface area contributed by atoms with E-state index in [1.807, 2.05) is 0 Å². The van der Waals surface area contributed by atoms with Gasteiger partial charge in [0.15, 0.2) is 0 Å². The molecule has 2 heteroatoms. The molecule has 2 unspecified atom stereocenters. The molecule has 2 fully saturated rings. The lowest BCUT2D eigenvalue weighted by atomic mass is 9.81. The first-order valence-corrected chi connectivity index (χ1v) is 5.73. The van der Waals surface area contributed by atoms with Crippen LogP contribution < -0.4 is 5.32 Å². The number of hydrogen-bond donors (Lipinski definition) is 2. The molecular formula is C11H21NO. The number of hydrogen-bond acceptors (Lipinski definition) is 2. The second-order valence-electron chi connectivity index (χ2n) is 4.62. The molecule has 2 atom stereocenters. The summed E-state index contributed by atoms with van der Waals surface area (Å²) in [4.78, 5) is 0. The predicted octanol–water partition coefficient (Wildman–Crippen LogP) is 1.39. The molecule has 2 aliphatic rings. The molecule has 1 heterocycles. The number of nitrogens with one attached hydrogen (secondary N) is 1. The molecule has 76 valence electrons. The molecule has 0 aromatic carbocycles. The highest BCUT2D eigenvalue weighted by Gasteiger charge is 2.36. The van der Waals surface area contributed by atoms with Crippen molar-refractivity contribution in [2.75, 3.05) is 19.7 Å². The van der Waals surface area contributed by atoms with Crippen molar-refractivity contribution in [2.45, 2.75) is 32.1 Å². The monoisotopic (exact) mass is 183 g/mol. The predicted molar refractivity (Wildman–Crippen MR) is 53.5 cm³/mol. The van der Waals surface area contributed by atoms with E-state index in [1.165, 1.54) is 38.8 Å². The smallest absolute Gasteiger partial charge is 0.0433 e. The highest BCUT2D eigenvalue weighted by molar-refractivity contribution is 4.87. The van der Waals surface area contributed by atoms with E-state index >= 15 is 0 Å². The standard InChI is InChI=1S/C11H21NO/c13-7-5-11(9-3-4-9)10-2-1-6-12-8-10/h9-13H,1-8H2. The average Bonchev–Trinajstić information content (AvgIpc) is 2.99. The molecule has 1 saturated heterocycles. The molecule has 0 radical (unpaired) electrons. The summed E-state index contributed by atoms with van der Waals surface area (Å²) in [6.07, 6.45) is 6.59. The van der Waals surface area contributed by atoms with Gasteiger partial charge in [0.2, 0.25) is 0 Å². The fourth-order valence-electron chi connectivity index (χ4n) is 2.77. The Balaban J connectivity index is 1.84. The summed E-state index contributed by atoms with van der Waals surface area (Å²) >= 11 is 0. The van der Waals surface area contributed by atoms with E-state index in [2.05, 4.69) is 5.32 Å². The average molecular weight is 183 g/mol. The number of aliphatic hydroxyl groups excluding tert-OH is 1. The van der Waals surface area contributed by atoms with Crippen molar-refractivity contribution in [3.8, 4) is 0 Å². The maximum atomic E-state index is 9.02. The van der Waals surface area contributed by atoms with Crippen LogP contribution in [-0.2, 0) is 0 Å². The van der Waals surface area contributed by atoms with Gasteiger partial charge < -0.3 is 10.4 Å². The van der Waals surface area contributed by atoms with Crippen LogP contribution in [0.2, 0.25) is 0 Å². The van der Waals surface area contributed by atoms with Crippen molar-refractivity contribution in [3.63, 3.8) is 0 Å². The van der Waals surface area contributed by atoms with Crippen LogP contribution in [0.4, 0.5) is 0 Å². The van der Waals surface area contributed by atoms with Crippen LogP contribution in [0.5, 0.6) is 0 Å². The molecule has 1 saturated carbocycles. The summed E-state index contributed by atoms with van der Waals surface area (Å²) in [6.45, 7) is 2.78. The third-order valence-electron chi connectivity index (χ3n) is 3.63. The molecule has 0 aromatic heterocycles. The maximum absolute atomic E-state index is 9.02. The first-order valence-electron chi connectivity index (χ1n) is 5.73. The molecule has 13 heavy (non-hydrogen) atoms. The van der Waals surface area contributed by atoms with Crippen molar-refractivity contribution in [1.29, 1.82) is 0 Å². The molecule has 2 nitrogen and oxygen atoms in total. The lowest BCUT2D eigenvalue weighted by Gasteiger charge is -2.30. The molecule has 1 aliphatic carbocycles. The number of rotatable bonds is 4. The van der Waals surface area contributed by atoms with Gasteiger partial charge in [0, 0.05) is 6.61 Å². The molecular weight excluding hydrogens is 162 g/mol. The van der Waals surface area contributed by atoms with Gasteiger partial charge in [-0.1, -0.05) is 0 Å². The van der Waals surface area contributed by atoms with Crippen LogP contribution in [0.15, 0.2) is 0 Å². The number of piperidine rings is 1. The van der Waals surface area contributed by atoms with Crippen molar-refractivity contribution < 1.29 is 5.11 Å². The normalized spacial score (nSPS) is 31.6. The van der Waals surface area contributed by atoms with E-state index in [9.17, 15) is 0 Å². The van der Waals surface area contributed by atoms with Crippen LogP contribution in [0.3, 0.4) is 0 Å². The summed E-state index contributed by atoms with van der Waals surface area (Å²) in [6, 6.07) is 0. The van der Waals surface area contributed by atoms with Crippen LogP contribution >= 0.6 is 0 Å². The lowest BCUT2D eigenvalue weighted by molar-refractivity contribution is 0.178. The molecule has 0 amide bonds. The maximum Gasteiger partial charge on any atom is 0.0433 e. The second-order valence-corrected chi connectivity index (χ2v) is 4.62. The number of aliphatic hydroxyl groups is 1. The van der Waals surface area contributed by atoms with Gasteiger partial charge in [-0.05, 0) is 62.9 Å². The Morgan fingerprint density at radius 1 is 1.23 bits per heavy atom. The van der Waals surface area contributed by atoms with Gasteiger partial charge in [-0.25, -0.2) is 0 Å². The third-order valence-corrected chi connectivity index (χ3v) is 3.63. The minimum Gasteiger partial charge on any atom is -0.396 e. The van der Waals surface area contributed by atoms with Crippen LogP contribution in [-0.4, -0.2) is 24.8 Å².